The molecular weight excluding hydrogens is 234 g/mol. The highest BCUT2D eigenvalue weighted by Crippen LogP contribution is 2.14. The van der Waals surface area contributed by atoms with Gasteiger partial charge in [-0.15, -0.1) is 16.9 Å². The number of rotatable bonds is 6. The molecule has 0 fully saturated rings. The Morgan fingerprint density at radius 2 is 2.24 bits per heavy atom. The van der Waals surface area contributed by atoms with Crippen LogP contribution in [-0.4, -0.2) is 25.2 Å². The molecule has 90 valence electrons. The van der Waals surface area contributed by atoms with Crippen LogP contribution in [0.4, 0.5) is 0 Å². The van der Waals surface area contributed by atoms with Gasteiger partial charge in [0.25, 0.3) is 0 Å². The number of tetrazole rings is 1. The molecule has 0 atom stereocenters. The minimum atomic E-state index is 0.823. The molecule has 0 bridgehead atoms. The summed E-state index contributed by atoms with van der Waals surface area (Å²) in [5.74, 6) is 2.65. The summed E-state index contributed by atoms with van der Waals surface area (Å²) in [5, 5.41) is 11.7. The molecule has 5 nitrogen and oxygen atoms in total. The van der Waals surface area contributed by atoms with Gasteiger partial charge in [-0.25, -0.2) is 4.68 Å². The summed E-state index contributed by atoms with van der Waals surface area (Å²) < 4.78 is 1.87. The lowest BCUT2D eigenvalue weighted by Crippen LogP contribution is -2.04. The first-order valence-electron chi connectivity index (χ1n) is 5.63. The quantitative estimate of drug-likeness (QED) is 0.782. The van der Waals surface area contributed by atoms with E-state index in [1.807, 2.05) is 29.1 Å². The molecule has 0 amide bonds. The Kier molecular flexibility index (Phi) is 4.49. The van der Waals surface area contributed by atoms with Crippen LogP contribution in [0.3, 0.4) is 0 Å². The molecule has 2 aromatic rings. The van der Waals surface area contributed by atoms with Crippen molar-refractivity contribution in [2.24, 2.45) is 0 Å². The predicted octanol–water partition coefficient (Wildman–Crippen LogP) is 1.91. The fourth-order valence-corrected chi connectivity index (χ4v) is 2.31. The molecule has 2 aromatic heterocycles. The Morgan fingerprint density at radius 1 is 1.29 bits per heavy atom. The van der Waals surface area contributed by atoms with Gasteiger partial charge in [-0.3, -0.25) is 4.98 Å². The zero-order valence-electron chi connectivity index (χ0n) is 9.78. The van der Waals surface area contributed by atoms with Crippen LogP contribution in [0.15, 0.2) is 24.4 Å². The van der Waals surface area contributed by atoms with E-state index in [1.54, 1.807) is 11.8 Å². The average molecular weight is 249 g/mol. The molecule has 0 radical (unpaired) electrons. The van der Waals surface area contributed by atoms with Crippen LogP contribution < -0.4 is 0 Å². The summed E-state index contributed by atoms with van der Waals surface area (Å²) in [6.07, 6.45) is 2.86. The summed E-state index contributed by atoms with van der Waals surface area (Å²) in [5.41, 5.74) is 1.09. The van der Waals surface area contributed by atoms with Gasteiger partial charge in [-0.1, -0.05) is 13.0 Å². The van der Waals surface area contributed by atoms with Crippen LogP contribution in [0.1, 0.15) is 24.9 Å². The Bertz CT molecular complexity index is 442. The third-order valence-corrected chi connectivity index (χ3v) is 3.21. The van der Waals surface area contributed by atoms with E-state index >= 15 is 0 Å². The van der Waals surface area contributed by atoms with Gasteiger partial charge >= 0.3 is 0 Å². The topological polar surface area (TPSA) is 56.5 Å². The molecule has 0 aliphatic heterocycles. The van der Waals surface area contributed by atoms with E-state index in [2.05, 4.69) is 27.4 Å². The highest BCUT2D eigenvalue weighted by Gasteiger charge is 2.05. The van der Waals surface area contributed by atoms with Crippen LogP contribution in [0.25, 0.3) is 0 Å². The second kappa shape index (κ2) is 6.34. The molecule has 0 aromatic carbocycles. The minimum absolute atomic E-state index is 0.823. The van der Waals surface area contributed by atoms with Crippen LogP contribution in [0.2, 0.25) is 0 Å². The lowest BCUT2D eigenvalue weighted by molar-refractivity contribution is 0.564. The lowest BCUT2D eigenvalue weighted by Gasteiger charge is -2.02. The lowest BCUT2D eigenvalue weighted by atomic mass is 10.4. The third-order valence-electron chi connectivity index (χ3n) is 2.25. The maximum Gasteiger partial charge on any atom is 0.161 e. The van der Waals surface area contributed by atoms with Gasteiger partial charge in [0, 0.05) is 18.5 Å². The van der Waals surface area contributed by atoms with Gasteiger partial charge in [0.05, 0.1) is 11.4 Å². The number of aromatic nitrogens is 5. The van der Waals surface area contributed by atoms with Gasteiger partial charge < -0.3 is 0 Å². The Morgan fingerprint density at radius 3 is 3.00 bits per heavy atom. The van der Waals surface area contributed by atoms with Gasteiger partial charge in [-0.05, 0) is 29.0 Å². The van der Waals surface area contributed by atoms with E-state index in [-0.39, 0.29) is 0 Å². The maximum atomic E-state index is 4.28. The van der Waals surface area contributed by atoms with Crippen molar-refractivity contribution in [2.45, 2.75) is 31.4 Å². The van der Waals surface area contributed by atoms with E-state index in [1.165, 1.54) is 0 Å². The molecule has 0 saturated carbocycles. The zero-order valence-corrected chi connectivity index (χ0v) is 10.6. The molecule has 6 heteroatoms. The monoisotopic (exact) mass is 249 g/mol. The molecule has 0 saturated heterocycles. The zero-order chi connectivity index (χ0) is 11.9. The van der Waals surface area contributed by atoms with Crippen LogP contribution >= 0.6 is 11.8 Å². The van der Waals surface area contributed by atoms with Gasteiger partial charge in [0.1, 0.15) is 0 Å². The second-order valence-electron chi connectivity index (χ2n) is 3.63. The van der Waals surface area contributed by atoms with Gasteiger partial charge in [-0.2, -0.15) is 0 Å². The van der Waals surface area contributed by atoms with E-state index in [0.717, 1.165) is 36.0 Å². The molecular formula is C11H15N5S. The standard InChI is InChI=1S/C11H15N5S/c1-2-7-16-11(13-14-15-16)9-17-8-10-5-3-4-6-12-10/h3-6H,2,7-9H2,1H3. The number of aryl methyl sites for hydroxylation is 1. The fraction of sp³-hybridized carbons (Fsp3) is 0.455. The highest BCUT2D eigenvalue weighted by atomic mass is 32.2. The van der Waals surface area contributed by atoms with Crippen LogP contribution in [-0.2, 0) is 18.1 Å². The van der Waals surface area contributed by atoms with Crippen molar-refractivity contribution < 1.29 is 0 Å². The first-order valence-corrected chi connectivity index (χ1v) is 6.78. The summed E-state index contributed by atoms with van der Waals surface area (Å²) in [6.45, 7) is 3.00. The van der Waals surface area contributed by atoms with Crippen molar-refractivity contribution >= 4 is 11.8 Å². The van der Waals surface area contributed by atoms with Crippen LogP contribution in [0, 0.1) is 0 Å². The number of pyridine rings is 1. The van der Waals surface area contributed by atoms with Gasteiger partial charge in [0.2, 0.25) is 0 Å². The highest BCUT2D eigenvalue weighted by molar-refractivity contribution is 7.97. The molecule has 2 heterocycles. The minimum Gasteiger partial charge on any atom is -0.260 e. The van der Waals surface area contributed by atoms with Crippen molar-refractivity contribution in [1.82, 2.24) is 25.2 Å². The van der Waals surface area contributed by atoms with Crippen molar-refractivity contribution in [1.29, 1.82) is 0 Å². The smallest absolute Gasteiger partial charge is 0.161 e. The maximum absolute atomic E-state index is 4.28. The van der Waals surface area contributed by atoms with Gasteiger partial charge in [0.15, 0.2) is 5.82 Å². The summed E-state index contributed by atoms with van der Waals surface area (Å²) >= 11 is 1.78. The number of nitrogens with zero attached hydrogens (tertiary/aromatic N) is 5. The van der Waals surface area contributed by atoms with Crippen LogP contribution in [0.5, 0.6) is 0 Å². The molecule has 0 unspecified atom stereocenters. The summed E-state index contributed by atoms with van der Waals surface area (Å²) in [6, 6.07) is 5.96. The molecule has 0 N–H and O–H groups in total. The largest absolute Gasteiger partial charge is 0.260 e. The third kappa shape index (κ3) is 3.52. The average Bonchev–Trinajstić information content (AvgIpc) is 2.79. The Hall–Kier alpha value is -1.43. The molecule has 0 aliphatic carbocycles. The van der Waals surface area contributed by atoms with Crippen molar-refractivity contribution in [2.75, 3.05) is 0 Å². The molecule has 0 aliphatic rings. The summed E-state index contributed by atoms with van der Waals surface area (Å²) in [7, 11) is 0. The number of thioether (sulfide) groups is 1. The molecule has 0 spiro atoms. The Balaban J connectivity index is 1.84. The molecule has 17 heavy (non-hydrogen) atoms. The Labute approximate surface area is 105 Å². The van der Waals surface area contributed by atoms with Crippen molar-refractivity contribution in [3.8, 4) is 0 Å². The molecule has 2 rings (SSSR count). The normalized spacial score (nSPS) is 10.6. The second-order valence-corrected chi connectivity index (χ2v) is 4.62. The van der Waals surface area contributed by atoms with E-state index < -0.39 is 0 Å². The predicted molar refractivity (Wildman–Crippen MR) is 67.3 cm³/mol. The fourth-order valence-electron chi connectivity index (χ4n) is 1.44. The van der Waals surface area contributed by atoms with Crippen molar-refractivity contribution in [3.05, 3.63) is 35.9 Å². The van der Waals surface area contributed by atoms with Crippen molar-refractivity contribution in [3.63, 3.8) is 0 Å². The van der Waals surface area contributed by atoms with E-state index in [4.69, 9.17) is 0 Å². The summed E-state index contributed by atoms with van der Waals surface area (Å²) in [4.78, 5) is 4.28. The SMILES string of the molecule is CCCn1nnnc1CSCc1ccccn1. The van der Waals surface area contributed by atoms with E-state index in [0.29, 0.717) is 0 Å². The first kappa shape index (κ1) is 12.0. The van der Waals surface area contributed by atoms with E-state index in [9.17, 15) is 0 Å². The number of hydrogen-bond acceptors (Lipinski definition) is 5. The number of hydrogen-bond donors (Lipinski definition) is 0. The first-order chi connectivity index (χ1) is 8.40.